The molecule has 3 amide bonds. The van der Waals surface area contributed by atoms with Crippen molar-refractivity contribution in [2.45, 2.75) is 49.3 Å². The molecule has 3 unspecified atom stereocenters. The molecule has 2 aromatic carbocycles. The molecule has 13 heteroatoms. The summed E-state index contributed by atoms with van der Waals surface area (Å²) in [5.41, 5.74) is 0.360. The molecule has 40 heavy (non-hydrogen) atoms. The smallest absolute Gasteiger partial charge is 0.359 e. The first kappa shape index (κ1) is 29.3. The van der Waals surface area contributed by atoms with Crippen molar-refractivity contribution < 1.29 is 43.2 Å². The van der Waals surface area contributed by atoms with Crippen molar-refractivity contribution in [1.82, 2.24) is 10.6 Å². The molecule has 0 radical (unpaired) electrons. The van der Waals surface area contributed by atoms with Crippen LogP contribution in [0.25, 0.3) is 0 Å². The Morgan fingerprint density at radius 3 is 2.58 bits per heavy atom. The quantitative estimate of drug-likeness (QED) is 0.0781. The van der Waals surface area contributed by atoms with Crippen molar-refractivity contribution in [1.29, 1.82) is 0 Å². The second-order valence-corrected chi connectivity index (χ2v) is 11.0. The van der Waals surface area contributed by atoms with E-state index in [2.05, 4.69) is 15.4 Å². The SMILES string of the molecule is COC(=O)c1c(O)cccc1OCCCCNC(=O)C1(Cc2ccc(C3CC(=O)[N+]([O-])(O)S3)cc2)CCC(=O)N1. The number of hydrogen-bond acceptors (Lipinski definition) is 10. The summed E-state index contributed by atoms with van der Waals surface area (Å²) in [4.78, 5) is 48.9. The third kappa shape index (κ3) is 6.55. The van der Waals surface area contributed by atoms with Gasteiger partial charge in [-0.3, -0.25) is 9.59 Å². The molecule has 0 bridgehead atoms. The summed E-state index contributed by atoms with van der Waals surface area (Å²) < 4.78 is 8.38. The predicted molar refractivity (Wildman–Crippen MR) is 143 cm³/mol. The number of rotatable bonds is 11. The highest BCUT2D eigenvalue weighted by molar-refractivity contribution is 7.94. The van der Waals surface area contributed by atoms with Gasteiger partial charge in [0.05, 0.1) is 20.1 Å². The number of esters is 1. The van der Waals surface area contributed by atoms with E-state index in [1.165, 1.54) is 13.2 Å². The Kier molecular flexibility index (Phi) is 8.98. The van der Waals surface area contributed by atoms with Gasteiger partial charge in [-0.1, -0.05) is 34.5 Å². The van der Waals surface area contributed by atoms with Crippen molar-refractivity contribution in [2.24, 2.45) is 0 Å². The van der Waals surface area contributed by atoms with Gasteiger partial charge in [-0.15, -0.1) is 0 Å². The molecule has 2 aliphatic rings. The Labute approximate surface area is 234 Å². The Hall–Kier alpha value is -3.65. The number of carbonyl (C=O) groups excluding carboxylic acids is 4. The summed E-state index contributed by atoms with van der Waals surface area (Å²) in [5, 5.41) is 36.5. The third-order valence-corrected chi connectivity index (χ3v) is 8.09. The second kappa shape index (κ2) is 12.3. The van der Waals surface area contributed by atoms with Gasteiger partial charge in [-0.2, -0.15) is 5.21 Å². The van der Waals surface area contributed by atoms with Gasteiger partial charge in [0.1, 0.15) is 39.8 Å². The molecule has 0 aliphatic carbocycles. The second-order valence-electron chi connectivity index (χ2n) is 9.71. The van der Waals surface area contributed by atoms with Crippen LogP contribution in [0.15, 0.2) is 42.5 Å². The number of quaternary nitrogens is 1. The lowest BCUT2D eigenvalue weighted by Crippen LogP contribution is -2.56. The number of unbranched alkanes of at least 4 members (excludes halogenated alkanes) is 1. The van der Waals surface area contributed by atoms with Crippen molar-refractivity contribution in [2.75, 3.05) is 20.3 Å². The number of phenolic OH excluding ortho intramolecular Hbond substituents is 1. The Balaban J connectivity index is 1.29. The number of methoxy groups -OCH3 is 1. The zero-order valence-electron chi connectivity index (χ0n) is 21.9. The summed E-state index contributed by atoms with van der Waals surface area (Å²) in [6, 6.07) is 11.6. The number of phenols is 1. The maximum atomic E-state index is 13.2. The minimum atomic E-state index is -1.95. The largest absolute Gasteiger partial charge is 0.579 e. The predicted octanol–water partition coefficient (Wildman–Crippen LogP) is 2.67. The molecule has 2 aromatic rings. The van der Waals surface area contributed by atoms with E-state index in [0.717, 1.165) is 5.56 Å². The Bertz CT molecular complexity index is 1280. The van der Waals surface area contributed by atoms with Crippen LogP contribution >= 0.6 is 11.9 Å². The molecule has 2 aliphatic heterocycles. The first-order chi connectivity index (χ1) is 19.0. The van der Waals surface area contributed by atoms with Crippen molar-refractivity contribution in [3.63, 3.8) is 0 Å². The fourth-order valence-corrected chi connectivity index (χ4v) is 5.78. The molecular formula is C27H31N3O9S. The summed E-state index contributed by atoms with van der Waals surface area (Å²) in [6.07, 6.45) is 1.88. The van der Waals surface area contributed by atoms with Crippen LogP contribution in [0.5, 0.6) is 11.5 Å². The number of ether oxygens (including phenoxy) is 2. The van der Waals surface area contributed by atoms with E-state index in [0.29, 0.717) is 43.3 Å². The third-order valence-electron chi connectivity index (χ3n) is 6.90. The first-order valence-electron chi connectivity index (χ1n) is 12.8. The van der Waals surface area contributed by atoms with Gasteiger partial charge >= 0.3 is 11.9 Å². The summed E-state index contributed by atoms with van der Waals surface area (Å²) in [5.74, 6) is -2.05. The highest BCUT2D eigenvalue weighted by Gasteiger charge is 2.45. The normalized spacial score (nSPS) is 24.0. The van der Waals surface area contributed by atoms with Crippen LogP contribution in [0.3, 0.4) is 0 Å². The first-order valence-corrected chi connectivity index (χ1v) is 13.6. The lowest BCUT2D eigenvalue weighted by Gasteiger charge is -2.28. The van der Waals surface area contributed by atoms with Crippen LogP contribution in [0.2, 0.25) is 0 Å². The number of amides is 3. The average Bonchev–Trinajstić information content (AvgIpc) is 3.44. The number of benzene rings is 2. The van der Waals surface area contributed by atoms with E-state index in [1.807, 2.05) is 0 Å². The molecule has 2 saturated heterocycles. The monoisotopic (exact) mass is 573 g/mol. The minimum Gasteiger partial charge on any atom is -0.579 e. The lowest BCUT2D eigenvalue weighted by molar-refractivity contribution is -0.880. The topological polar surface area (TPSA) is 174 Å². The van der Waals surface area contributed by atoms with E-state index < -0.39 is 26.9 Å². The Morgan fingerprint density at radius 2 is 1.95 bits per heavy atom. The molecule has 214 valence electrons. The van der Waals surface area contributed by atoms with Crippen LogP contribution in [-0.2, 0) is 25.5 Å². The molecular weight excluding hydrogens is 542 g/mol. The fourth-order valence-electron chi connectivity index (χ4n) is 4.75. The van der Waals surface area contributed by atoms with Crippen LogP contribution < -0.4 is 15.4 Å². The van der Waals surface area contributed by atoms with Crippen LogP contribution in [-0.4, -0.2) is 64.0 Å². The number of nitrogens with one attached hydrogen (secondary N) is 2. The highest BCUT2D eigenvalue weighted by Crippen LogP contribution is 2.45. The van der Waals surface area contributed by atoms with Crippen LogP contribution in [0.1, 0.15) is 58.8 Å². The van der Waals surface area contributed by atoms with E-state index in [4.69, 9.17) is 4.74 Å². The zero-order valence-corrected chi connectivity index (χ0v) is 22.7. The lowest BCUT2D eigenvalue weighted by atomic mass is 9.87. The van der Waals surface area contributed by atoms with Gasteiger partial charge < -0.3 is 30.4 Å². The van der Waals surface area contributed by atoms with Gasteiger partial charge in [-0.05, 0) is 42.5 Å². The molecule has 0 aromatic heterocycles. The van der Waals surface area contributed by atoms with Gasteiger partial charge in [-0.25, -0.2) is 9.59 Å². The van der Waals surface area contributed by atoms with E-state index >= 15 is 0 Å². The molecule has 4 N–H and O–H groups in total. The molecule has 12 nitrogen and oxygen atoms in total. The molecule has 4 rings (SSSR count). The number of hydrogen-bond donors (Lipinski definition) is 4. The standard InChI is InChI=1S/C27H31N3O9S/c1-38-25(34)24-19(31)5-4-6-20(24)39-14-3-2-13-28-26(35)27(12-11-22(32)29-27)16-17-7-9-18(10-8-17)21-15-23(33)30(36,37)40-21/h4-10,21,31,36H,2-3,11-16H2,1H3,(H,28,35)(H,29,32). The maximum absolute atomic E-state index is 13.2. The summed E-state index contributed by atoms with van der Waals surface area (Å²) in [6.45, 7) is 0.580. The molecule has 0 spiro atoms. The van der Waals surface area contributed by atoms with Gasteiger partial charge in [0.15, 0.2) is 0 Å². The van der Waals surface area contributed by atoms with Crippen molar-refractivity contribution in [3.05, 3.63) is 64.4 Å². The minimum absolute atomic E-state index is 0.0492. The number of hydroxylamine groups is 2. The van der Waals surface area contributed by atoms with Crippen molar-refractivity contribution >= 4 is 35.6 Å². The molecule has 2 heterocycles. The van der Waals surface area contributed by atoms with E-state index in [9.17, 15) is 34.7 Å². The zero-order chi connectivity index (χ0) is 28.9. The van der Waals surface area contributed by atoms with Crippen LogP contribution in [0.4, 0.5) is 0 Å². The maximum Gasteiger partial charge on any atom is 0.359 e. The molecule has 2 fully saturated rings. The van der Waals surface area contributed by atoms with Crippen molar-refractivity contribution in [3.8, 4) is 11.5 Å². The molecule has 3 atom stereocenters. The fraction of sp³-hybridized carbons (Fsp3) is 0.407. The van der Waals surface area contributed by atoms with E-state index in [-0.39, 0.29) is 54.7 Å². The van der Waals surface area contributed by atoms with Crippen LogP contribution in [0, 0.1) is 5.21 Å². The van der Waals surface area contributed by atoms with Gasteiger partial charge in [0, 0.05) is 19.4 Å². The number of aromatic hydroxyl groups is 1. The molecule has 0 saturated carbocycles. The summed E-state index contributed by atoms with van der Waals surface area (Å²) >= 11 is 0.615. The number of carbonyl (C=O) groups is 4. The van der Waals surface area contributed by atoms with Gasteiger partial charge in [0.25, 0.3) is 0 Å². The highest BCUT2D eigenvalue weighted by atomic mass is 32.2. The van der Waals surface area contributed by atoms with E-state index in [1.54, 1.807) is 36.4 Å². The van der Waals surface area contributed by atoms with Gasteiger partial charge in [0.2, 0.25) is 11.8 Å². The number of nitrogens with zero attached hydrogens (tertiary/aromatic N) is 1. The summed E-state index contributed by atoms with van der Waals surface area (Å²) in [7, 11) is 1.21. The Morgan fingerprint density at radius 1 is 1.20 bits per heavy atom. The average molecular weight is 574 g/mol.